The summed E-state index contributed by atoms with van der Waals surface area (Å²) in [4.78, 5) is 4.67. The molecule has 1 fully saturated rings. The average molecular weight is 427 g/mol. The summed E-state index contributed by atoms with van der Waals surface area (Å²) in [6.07, 6.45) is 5.44. The van der Waals surface area contributed by atoms with E-state index in [1.54, 1.807) is 6.08 Å². The van der Waals surface area contributed by atoms with Crippen LogP contribution in [-0.2, 0) is 0 Å². The van der Waals surface area contributed by atoms with Gasteiger partial charge in [0, 0.05) is 24.0 Å². The van der Waals surface area contributed by atoms with Crippen molar-refractivity contribution in [3.05, 3.63) is 102 Å². The van der Waals surface area contributed by atoms with Gasteiger partial charge in [-0.3, -0.25) is 0 Å². The Morgan fingerprint density at radius 1 is 0.844 bits per heavy atom. The lowest BCUT2D eigenvalue weighted by atomic mass is 9.91. The zero-order valence-electron chi connectivity index (χ0n) is 19.3. The van der Waals surface area contributed by atoms with E-state index in [-0.39, 0.29) is 18.0 Å². The largest absolute Gasteiger partial charge is 0.344 e. The van der Waals surface area contributed by atoms with Crippen LogP contribution in [0.1, 0.15) is 62.4 Å². The average Bonchev–Trinajstić information content (AvgIpc) is 3.18. The minimum Gasteiger partial charge on any atom is -0.344 e. The van der Waals surface area contributed by atoms with Crippen LogP contribution in [0.3, 0.4) is 0 Å². The summed E-state index contributed by atoms with van der Waals surface area (Å²) in [6.45, 7) is 9.63. The fraction of sp³-hybridized carbons (Fsp3) is 0.310. The molecule has 2 heterocycles. The molecule has 2 aliphatic heterocycles. The lowest BCUT2D eigenvalue weighted by molar-refractivity contribution is 0.278. The highest BCUT2D eigenvalue weighted by Crippen LogP contribution is 2.47. The van der Waals surface area contributed by atoms with E-state index >= 15 is 4.39 Å². The Morgan fingerprint density at radius 3 is 2.22 bits per heavy atom. The Labute approximate surface area is 190 Å². The van der Waals surface area contributed by atoms with Gasteiger partial charge in [-0.1, -0.05) is 88.4 Å². The molecule has 0 spiro atoms. The normalized spacial score (nSPS) is 20.4. The molecule has 2 unspecified atom stereocenters. The molecule has 3 aromatic carbocycles. The Hall–Kier alpha value is -3.07. The van der Waals surface area contributed by atoms with E-state index in [1.165, 1.54) is 33.2 Å². The van der Waals surface area contributed by atoms with Gasteiger partial charge >= 0.3 is 0 Å². The number of hydrogen-bond donors (Lipinski definition) is 0. The van der Waals surface area contributed by atoms with Crippen molar-refractivity contribution in [3.8, 4) is 0 Å². The minimum atomic E-state index is -0.274. The van der Waals surface area contributed by atoms with Gasteiger partial charge in [0.2, 0.25) is 0 Å². The summed E-state index contributed by atoms with van der Waals surface area (Å²) < 4.78 is 15.1. The maximum atomic E-state index is 15.1. The van der Waals surface area contributed by atoms with Crippen LogP contribution in [0.25, 0.3) is 10.8 Å². The molecule has 164 valence electrons. The monoisotopic (exact) mass is 426 g/mol. The molecule has 0 radical (unpaired) electrons. The molecule has 0 aromatic heterocycles. The molecule has 0 amide bonds. The predicted molar refractivity (Wildman–Crippen MR) is 133 cm³/mol. The first-order chi connectivity index (χ1) is 15.5. The number of nitrogens with zero attached hydrogens (tertiary/aromatic N) is 2. The highest BCUT2D eigenvalue weighted by Gasteiger charge is 2.43. The standard InChI is InChI=1S/C29H31FN2/c1-19(2)22-13-8-14-23(20(3)4)28(22)32-18-27-26(30)16-9-17-31(27)29(32)25-15-7-11-21-10-5-6-12-24(21)25/h5-17,19-20,27,29H,18H2,1-4H3. The van der Waals surface area contributed by atoms with Crippen molar-refractivity contribution in [2.75, 3.05) is 11.4 Å². The van der Waals surface area contributed by atoms with Gasteiger partial charge < -0.3 is 9.80 Å². The van der Waals surface area contributed by atoms with E-state index in [1.807, 2.05) is 6.08 Å². The van der Waals surface area contributed by atoms with E-state index < -0.39 is 0 Å². The first-order valence-electron chi connectivity index (χ1n) is 11.7. The molecule has 0 N–H and O–H groups in total. The van der Waals surface area contributed by atoms with Crippen LogP contribution in [-0.4, -0.2) is 17.5 Å². The van der Waals surface area contributed by atoms with Crippen LogP contribution in [0.15, 0.2) is 84.8 Å². The molecule has 0 bridgehead atoms. The van der Waals surface area contributed by atoms with Crippen molar-refractivity contribution in [1.29, 1.82) is 0 Å². The molecule has 1 saturated heterocycles. The maximum absolute atomic E-state index is 15.1. The summed E-state index contributed by atoms with van der Waals surface area (Å²) in [5.74, 6) is 0.698. The van der Waals surface area contributed by atoms with E-state index in [9.17, 15) is 0 Å². The van der Waals surface area contributed by atoms with Gasteiger partial charge in [0.05, 0.1) is 0 Å². The molecule has 0 aliphatic carbocycles. The third kappa shape index (κ3) is 3.31. The van der Waals surface area contributed by atoms with Gasteiger partial charge in [-0.15, -0.1) is 0 Å². The van der Waals surface area contributed by atoms with Crippen molar-refractivity contribution >= 4 is 16.5 Å². The highest BCUT2D eigenvalue weighted by atomic mass is 19.1. The van der Waals surface area contributed by atoms with E-state index in [2.05, 4.69) is 104 Å². The summed E-state index contributed by atoms with van der Waals surface area (Å²) >= 11 is 0. The first kappa shape index (κ1) is 20.8. The molecule has 2 nitrogen and oxygen atoms in total. The van der Waals surface area contributed by atoms with E-state index in [0.717, 1.165) is 0 Å². The lowest BCUT2D eigenvalue weighted by Gasteiger charge is -2.36. The quantitative estimate of drug-likeness (QED) is 0.422. The SMILES string of the molecule is CC(C)c1cccc(C(C)C)c1N1CC2C(F)=CC=CN2C1c1cccc2ccccc12. The topological polar surface area (TPSA) is 6.48 Å². The second kappa shape index (κ2) is 8.12. The number of para-hydroxylation sites is 1. The van der Waals surface area contributed by atoms with Crippen molar-refractivity contribution in [2.45, 2.75) is 51.7 Å². The van der Waals surface area contributed by atoms with Crippen molar-refractivity contribution < 1.29 is 4.39 Å². The number of anilines is 1. The third-order valence-electron chi connectivity index (χ3n) is 6.87. The predicted octanol–water partition coefficient (Wildman–Crippen LogP) is 7.66. The first-order valence-corrected chi connectivity index (χ1v) is 11.7. The number of fused-ring (bicyclic) bond motifs is 2. The second-order valence-corrected chi connectivity index (χ2v) is 9.54. The van der Waals surface area contributed by atoms with Crippen LogP contribution in [0, 0.1) is 0 Å². The van der Waals surface area contributed by atoms with Gasteiger partial charge in [0.1, 0.15) is 18.0 Å². The van der Waals surface area contributed by atoms with Crippen LogP contribution in [0.2, 0.25) is 0 Å². The third-order valence-corrected chi connectivity index (χ3v) is 6.87. The fourth-order valence-electron chi connectivity index (χ4n) is 5.33. The van der Waals surface area contributed by atoms with E-state index in [0.29, 0.717) is 18.4 Å². The lowest BCUT2D eigenvalue weighted by Crippen LogP contribution is -2.32. The molecule has 5 rings (SSSR count). The van der Waals surface area contributed by atoms with Crippen molar-refractivity contribution in [2.24, 2.45) is 0 Å². The molecule has 0 saturated carbocycles. The number of benzene rings is 3. The smallest absolute Gasteiger partial charge is 0.129 e. The van der Waals surface area contributed by atoms with Crippen LogP contribution < -0.4 is 4.90 Å². The number of hydrogen-bond acceptors (Lipinski definition) is 2. The van der Waals surface area contributed by atoms with Crippen LogP contribution in [0.4, 0.5) is 10.1 Å². The van der Waals surface area contributed by atoms with Gasteiger partial charge in [-0.25, -0.2) is 4.39 Å². The van der Waals surface area contributed by atoms with Crippen LogP contribution >= 0.6 is 0 Å². The minimum absolute atomic E-state index is 0.0617. The summed E-state index contributed by atoms with van der Waals surface area (Å²) in [5, 5.41) is 2.44. The fourth-order valence-corrected chi connectivity index (χ4v) is 5.33. The molecule has 3 heteroatoms. The zero-order valence-corrected chi connectivity index (χ0v) is 19.3. The van der Waals surface area contributed by atoms with Gasteiger partial charge in [0.15, 0.2) is 0 Å². The Kier molecular flexibility index (Phi) is 5.28. The number of allylic oxidation sites excluding steroid dienone is 2. The van der Waals surface area contributed by atoms with E-state index in [4.69, 9.17) is 0 Å². The molecular weight excluding hydrogens is 395 g/mol. The van der Waals surface area contributed by atoms with Gasteiger partial charge in [-0.2, -0.15) is 0 Å². The van der Waals surface area contributed by atoms with Gasteiger partial charge in [0.25, 0.3) is 0 Å². The van der Waals surface area contributed by atoms with Crippen molar-refractivity contribution in [1.82, 2.24) is 4.90 Å². The molecule has 2 atom stereocenters. The highest BCUT2D eigenvalue weighted by molar-refractivity contribution is 5.86. The molecule has 32 heavy (non-hydrogen) atoms. The van der Waals surface area contributed by atoms with Crippen molar-refractivity contribution in [3.63, 3.8) is 0 Å². The molecule has 3 aromatic rings. The Bertz CT molecular complexity index is 1180. The Balaban J connectivity index is 1.77. The summed E-state index contributed by atoms with van der Waals surface area (Å²) in [6, 6.07) is 21.4. The molecular formula is C29H31FN2. The summed E-state index contributed by atoms with van der Waals surface area (Å²) in [7, 11) is 0. The number of rotatable bonds is 4. The zero-order chi connectivity index (χ0) is 22.4. The summed E-state index contributed by atoms with van der Waals surface area (Å²) in [5.41, 5.74) is 5.15. The van der Waals surface area contributed by atoms with Crippen LogP contribution in [0.5, 0.6) is 0 Å². The molecule has 2 aliphatic rings. The second-order valence-electron chi connectivity index (χ2n) is 9.54. The maximum Gasteiger partial charge on any atom is 0.129 e. The Morgan fingerprint density at radius 2 is 1.50 bits per heavy atom. The number of halogens is 1. The van der Waals surface area contributed by atoms with Gasteiger partial charge in [-0.05, 0) is 45.9 Å².